The summed E-state index contributed by atoms with van der Waals surface area (Å²) in [5, 5.41) is 10.6. The monoisotopic (exact) mass is 334 g/mol. The van der Waals surface area contributed by atoms with E-state index in [2.05, 4.69) is 15.9 Å². The molecule has 0 radical (unpaired) electrons. The first-order valence-electron chi connectivity index (χ1n) is 5.47. The molecule has 5 nitrogen and oxygen atoms in total. The van der Waals surface area contributed by atoms with Crippen molar-refractivity contribution >= 4 is 27.5 Å². The molecule has 0 spiro atoms. The van der Waals surface area contributed by atoms with E-state index >= 15 is 0 Å². The van der Waals surface area contributed by atoms with Crippen molar-refractivity contribution < 1.29 is 18.5 Å². The van der Waals surface area contributed by atoms with Crippen LogP contribution in [-0.4, -0.2) is 33.6 Å². The van der Waals surface area contributed by atoms with E-state index < -0.39 is 33.7 Å². The maximum atomic E-state index is 13.8. The highest BCUT2D eigenvalue weighted by molar-refractivity contribution is 9.09. The molecule has 0 bridgehead atoms. The number of alkyl halides is 1. The summed E-state index contributed by atoms with van der Waals surface area (Å²) in [6.45, 7) is 0.765. The number of hydrogen-bond acceptors (Lipinski definition) is 3. The van der Waals surface area contributed by atoms with Gasteiger partial charge in [-0.2, -0.15) is 4.39 Å². The summed E-state index contributed by atoms with van der Waals surface area (Å²) in [4.78, 5) is 23.0. The Morgan fingerprint density at radius 3 is 2.68 bits per heavy atom. The summed E-state index contributed by atoms with van der Waals surface area (Å²) in [7, 11) is 0. The van der Waals surface area contributed by atoms with E-state index in [1.807, 2.05) is 0 Å². The van der Waals surface area contributed by atoms with Crippen LogP contribution < -0.4 is 0 Å². The molecule has 1 unspecified atom stereocenters. The van der Waals surface area contributed by atoms with Crippen molar-refractivity contribution in [3.8, 4) is 0 Å². The van der Waals surface area contributed by atoms with Gasteiger partial charge in [0.15, 0.2) is 0 Å². The highest BCUT2D eigenvalue weighted by atomic mass is 79.9. The molecule has 19 heavy (non-hydrogen) atoms. The molecule has 1 aliphatic heterocycles. The number of amides is 1. The van der Waals surface area contributed by atoms with Crippen molar-refractivity contribution in [1.29, 1.82) is 0 Å². The largest absolute Gasteiger partial charge is 0.337 e. The molecule has 1 fully saturated rings. The first-order valence-corrected chi connectivity index (χ1v) is 6.38. The molecule has 0 aliphatic carbocycles. The topological polar surface area (TPSA) is 63.4 Å². The van der Waals surface area contributed by atoms with Crippen LogP contribution >= 0.6 is 15.9 Å². The predicted octanol–water partition coefficient (Wildman–Crippen LogP) is 2.48. The Hall–Kier alpha value is -1.57. The molecule has 1 aromatic carbocycles. The number of rotatable bonds is 2. The Balaban J connectivity index is 2.39. The standard InChI is InChI=1S/C11H9BrF2N2O3/c12-6-1-2-15(5-6)11(17)8-3-7(13)4-9(10(8)14)16(18)19/h3-4,6H,1-2,5H2. The summed E-state index contributed by atoms with van der Waals surface area (Å²) in [5.41, 5.74) is -1.63. The number of carbonyl (C=O) groups excluding carboxylic acids is 1. The van der Waals surface area contributed by atoms with Gasteiger partial charge in [-0.3, -0.25) is 14.9 Å². The Bertz CT molecular complexity index is 553. The molecule has 1 aliphatic rings. The van der Waals surface area contributed by atoms with E-state index in [1.165, 1.54) is 4.90 Å². The molecule has 1 aromatic rings. The van der Waals surface area contributed by atoms with Crippen LogP contribution in [0.25, 0.3) is 0 Å². The minimum atomic E-state index is -1.30. The summed E-state index contributed by atoms with van der Waals surface area (Å²) in [5.74, 6) is -3.04. The number of carbonyl (C=O) groups is 1. The second-order valence-corrected chi connectivity index (χ2v) is 5.48. The van der Waals surface area contributed by atoms with E-state index in [1.54, 1.807) is 0 Å². The Labute approximate surface area is 115 Å². The van der Waals surface area contributed by atoms with Gasteiger partial charge in [0.25, 0.3) is 5.91 Å². The molecule has 0 aromatic heterocycles. The fourth-order valence-corrected chi connectivity index (χ4v) is 2.49. The molecule has 1 saturated heterocycles. The normalized spacial score (nSPS) is 18.7. The quantitative estimate of drug-likeness (QED) is 0.474. The molecule has 102 valence electrons. The van der Waals surface area contributed by atoms with E-state index in [9.17, 15) is 23.7 Å². The summed E-state index contributed by atoms with van der Waals surface area (Å²) in [6.07, 6.45) is 0.699. The van der Waals surface area contributed by atoms with Gasteiger partial charge >= 0.3 is 5.69 Å². The number of halogens is 3. The number of nitrogens with zero attached hydrogens (tertiary/aromatic N) is 2. The molecule has 1 atom stereocenters. The smallest absolute Gasteiger partial charge is 0.308 e. The summed E-state index contributed by atoms with van der Waals surface area (Å²) in [6, 6.07) is 1.15. The van der Waals surface area contributed by atoms with E-state index in [4.69, 9.17) is 0 Å². The molecule has 2 rings (SSSR count). The maximum Gasteiger partial charge on any atom is 0.308 e. The van der Waals surface area contributed by atoms with Crippen LogP contribution in [0.1, 0.15) is 16.8 Å². The van der Waals surface area contributed by atoms with Gasteiger partial charge in [-0.1, -0.05) is 15.9 Å². The van der Waals surface area contributed by atoms with Crippen molar-refractivity contribution in [3.63, 3.8) is 0 Å². The van der Waals surface area contributed by atoms with Gasteiger partial charge in [0.05, 0.1) is 16.6 Å². The second kappa shape index (κ2) is 5.20. The van der Waals surface area contributed by atoms with E-state index in [0.29, 0.717) is 31.6 Å². The van der Waals surface area contributed by atoms with Crippen LogP contribution in [0.2, 0.25) is 0 Å². The number of nitro groups is 1. The van der Waals surface area contributed by atoms with Gasteiger partial charge in [-0.25, -0.2) is 4.39 Å². The highest BCUT2D eigenvalue weighted by Crippen LogP contribution is 2.25. The Kier molecular flexibility index (Phi) is 3.79. The van der Waals surface area contributed by atoms with Gasteiger partial charge in [0, 0.05) is 17.9 Å². The first-order chi connectivity index (χ1) is 8.90. The molecule has 1 amide bonds. The fourth-order valence-electron chi connectivity index (χ4n) is 1.94. The van der Waals surface area contributed by atoms with Crippen LogP contribution in [0.4, 0.5) is 14.5 Å². The number of hydrogen-bond donors (Lipinski definition) is 0. The number of benzene rings is 1. The van der Waals surface area contributed by atoms with E-state index in [-0.39, 0.29) is 4.83 Å². The van der Waals surface area contributed by atoms with Crippen molar-refractivity contribution in [1.82, 2.24) is 4.90 Å². The zero-order valence-electron chi connectivity index (χ0n) is 9.61. The summed E-state index contributed by atoms with van der Waals surface area (Å²) >= 11 is 3.32. The van der Waals surface area contributed by atoms with Gasteiger partial charge in [-0.15, -0.1) is 0 Å². The van der Waals surface area contributed by atoms with Crippen molar-refractivity contribution in [2.45, 2.75) is 11.2 Å². The van der Waals surface area contributed by atoms with Gasteiger partial charge in [0.2, 0.25) is 5.82 Å². The SMILES string of the molecule is O=C(c1cc(F)cc([N+](=O)[O-])c1F)N1CCC(Br)C1. The highest BCUT2D eigenvalue weighted by Gasteiger charge is 2.30. The van der Waals surface area contributed by atoms with Crippen molar-refractivity contribution in [3.05, 3.63) is 39.4 Å². The third-order valence-corrected chi connectivity index (χ3v) is 3.61. The average molecular weight is 335 g/mol. The number of nitro benzene ring substituents is 1. The van der Waals surface area contributed by atoms with Gasteiger partial charge in [-0.05, 0) is 12.5 Å². The molecular weight excluding hydrogens is 326 g/mol. The lowest BCUT2D eigenvalue weighted by Gasteiger charge is -2.15. The molecule has 0 N–H and O–H groups in total. The molecule has 0 saturated carbocycles. The maximum absolute atomic E-state index is 13.8. The molecule has 8 heteroatoms. The van der Waals surface area contributed by atoms with Crippen LogP contribution in [0, 0.1) is 21.7 Å². The van der Waals surface area contributed by atoms with E-state index in [0.717, 1.165) is 0 Å². The minimum Gasteiger partial charge on any atom is -0.337 e. The number of likely N-dealkylation sites (tertiary alicyclic amines) is 1. The average Bonchev–Trinajstić information content (AvgIpc) is 2.77. The third kappa shape index (κ3) is 2.73. The summed E-state index contributed by atoms with van der Waals surface area (Å²) < 4.78 is 27.1. The van der Waals surface area contributed by atoms with Crippen molar-refractivity contribution in [2.75, 3.05) is 13.1 Å². The zero-order valence-corrected chi connectivity index (χ0v) is 11.2. The lowest BCUT2D eigenvalue weighted by molar-refractivity contribution is -0.387. The third-order valence-electron chi connectivity index (χ3n) is 2.86. The minimum absolute atomic E-state index is 0.100. The molecule has 1 heterocycles. The molecular formula is C11H9BrF2N2O3. The first kappa shape index (κ1) is 13.9. The Morgan fingerprint density at radius 1 is 1.47 bits per heavy atom. The van der Waals surface area contributed by atoms with Crippen molar-refractivity contribution in [2.24, 2.45) is 0 Å². The van der Waals surface area contributed by atoms with Gasteiger partial charge < -0.3 is 4.90 Å². The fraction of sp³-hybridized carbons (Fsp3) is 0.364. The lowest BCUT2D eigenvalue weighted by atomic mass is 10.1. The second-order valence-electron chi connectivity index (χ2n) is 4.18. The van der Waals surface area contributed by atoms with Crippen LogP contribution in [0.3, 0.4) is 0 Å². The Morgan fingerprint density at radius 2 is 2.16 bits per heavy atom. The lowest BCUT2D eigenvalue weighted by Crippen LogP contribution is -2.29. The van der Waals surface area contributed by atoms with Crippen LogP contribution in [0.15, 0.2) is 12.1 Å². The van der Waals surface area contributed by atoms with Crippen LogP contribution in [0.5, 0.6) is 0 Å². The predicted molar refractivity (Wildman–Crippen MR) is 66.2 cm³/mol. The zero-order chi connectivity index (χ0) is 14.2. The van der Waals surface area contributed by atoms with Gasteiger partial charge in [0.1, 0.15) is 5.82 Å². The van der Waals surface area contributed by atoms with Crippen LogP contribution in [-0.2, 0) is 0 Å².